The second kappa shape index (κ2) is 6.65. The molecular weight excluding hydrogens is 280 g/mol. The molecule has 0 atom stereocenters. The van der Waals surface area contributed by atoms with Crippen molar-refractivity contribution in [1.82, 2.24) is 24.6 Å². The van der Waals surface area contributed by atoms with Gasteiger partial charge in [0.15, 0.2) is 0 Å². The van der Waals surface area contributed by atoms with Gasteiger partial charge in [-0.05, 0) is 19.1 Å². The van der Waals surface area contributed by atoms with E-state index in [-0.39, 0.29) is 5.56 Å². The predicted molar refractivity (Wildman–Crippen MR) is 83.9 cm³/mol. The Labute approximate surface area is 129 Å². The second-order valence-corrected chi connectivity index (χ2v) is 5.41. The van der Waals surface area contributed by atoms with Crippen molar-refractivity contribution in [3.63, 3.8) is 0 Å². The smallest absolute Gasteiger partial charge is 0.266 e. The van der Waals surface area contributed by atoms with Gasteiger partial charge < -0.3 is 4.90 Å². The molecule has 2 aromatic rings. The predicted octanol–water partition coefficient (Wildman–Crippen LogP) is 0.164. The first-order valence-corrected chi connectivity index (χ1v) is 7.51. The summed E-state index contributed by atoms with van der Waals surface area (Å²) in [5.74, 6) is 0.790. The van der Waals surface area contributed by atoms with Crippen molar-refractivity contribution in [2.75, 3.05) is 37.6 Å². The van der Waals surface area contributed by atoms with E-state index in [1.165, 1.54) is 0 Å². The normalized spacial score (nSPS) is 16.0. The highest BCUT2D eigenvalue weighted by molar-refractivity contribution is 5.29. The molecule has 0 spiro atoms. The van der Waals surface area contributed by atoms with Crippen LogP contribution in [-0.2, 0) is 6.54 Å². The Balaban J connectivity index is 1.52. The summed E-state index contributed by atoms with van der Waals surface area (Å²) in [5.41, 5.74) is 0.826. The Hall–Kier alpha value is -2.28. The molecule has 0 unspecified atom stereocenters. The minimum Gasteiger partial charge on any atom is -0.338 e. The Kier molecular flexibility index (Phi) is 4.43. The lowest BCUT2D eigenvalue weighted by atomic mass is 10.3. The van der Waals surface area contributed by atoms with E-state index >= 15 is 0 Å². The van der Waals surface area contributed by atoms with Crippen molar-refractivity contribution in [3.8, 4) is 0 Å². The third kappa shape index (κ3) is 3.48. The summed E-state index contributed by atoms with van der Waals surface area (Å²) in [4.78, 5) is 24.8. The maximum absolute atomic E-state index is 11.7. The van der Waals surface area contributed by atoms with Gasteiger partial charge in [0.25, 0.3) is 5.56 Å². The van der Waals surface area contributed by atoms with E-state index in [0.717, 1.165) is 44.4 Å². The van der Waals surface area contributed by atoms with Crippen LogP contribution in [0.25, 0.3) is 0 Å². The minimum atomic E-state index is -0.0399. The molecule has 7 nitrogen and oxygen atoms in total. The molecule has 0 amide bonds. The Bertz CT molecular complexity index is 663. The first kappa shape index (κ1) is 14.6. The average Bonchev–Trinajstić information content (AvgIpc) is 2.57. The van der Waals surface area contributed by atoms with Gasteiger partial charge in [-0.25, -0.2) is 14.6 Å². The number of piperazine rings is 1. The van der Waals surface area contributed by atoms with Gasteiger partial charge in [-0.15, -0.1) is 0 Å². The molecule has 3 heterocycles. The van der Waals surface area contributed by atoms with Gasteiger partial charge >= 0.3 is 0 Å². The van der Waals surface area contributed by atoms with E-state index in [1.807, 2.05) is 13.0 Å². The maximum atomic E-state index is 11.7. The fourth-order valence-electron chi connectivity index (χ4n) is 2.57. The number of rotatable bonds is 4. The quantitative estimate of drug-likeness (QED) is 0.801. The van der Waals surface area contributed by atoms with Gasteiger partial charge in [0.05, 0.1) is 12.2 Å². The molecule has 7 heteroatoms. The zero-order valence-corrected chi connectivity index (χ0v) is 12.7. The lowest BCUT2D eigenvalue weighted by Gasteiger charge is -2.34. The van der Waals surface area contributed by atoms with E-state index in [2.05, 4.69) is 24.9 Å². The number of aryl methyl sites for hydroxylation is 1. The van der Waals surface area contributed by atoms with Crippen LogP contribution in [0.3, 0.4) is 0 Å². The van der Waals surface area contributed by atoms with E-state index in [1.54, 1.807) is 29.2 Å². The molecule has 0 bridgehead atoms. The number of aromatic nitrogens is 4. The number of hydrogen-bond acceptors (Lipinski definition) is 6. The summed E-state index contributed by atoms with van der Waals surface area (Å²) in [6, 6.07) is 5.15. The number of nitrogens with zero attached hydrogens (tertiary/aromatic N) is 6. The molecule has 1 aliphatic rings. The van der Waals surface area contributed by atoms with E-state index in [0.29, 0.717) is 6.54 Å². The van der Waals surface area contributed by atoms with Crippen LogP contribution >= 0.6 is 0 Å². The van der Waals surface area contributed by atoms with Gasteiger partial charge in [-0.2, -0.15) is 5.10 Å². The van der Waals surface area contributed by atoms with Crippen LogP contribution in [0.1, 0.15) is 5.69 Å². The van der Waals surface area contributed by atoms with Crippen molar-refractivity contribution in [2.45, 2.75) is 13.5 Å². The standard InChI is InChI=1S/C15H20N6O/c1-13-3-4-14(22)21(18-13)12-9-19-7-10-20(11-8-19)15-16-5-2-6-17-15/h2-6H,7-12H2,1H3. The summed E-state index contributed by atoms with van der Waals surface area (Å²) < 4.78 is 1.54. The molecular formula is C15H20N6O. The molecule has 0 aromatic carbocycles. The van der Waals surface area contributed by atoms with Crippen LogP contribution in [0.4, 0.5) is 5.95 Å². The SMILES string of the molecule is Cc1ccc(=O)n(CCN2CCN(c3ncccn3)CC2)n1. The maximum Gasteiger partial charge on any atom is 0.266 e. The molecule has 1 fully saturated rings. The summed E-state index contributed by atoms with van der Waals surface area (Å²) >= 11 is 0. The Morgan fingerprint density at radius 2 is 1.77 bits per heavy atom. The molecule has 3 rings (SSSR count). The monoisotopic (exact) mass is 300 g/mol. The van der Waals surface area contributed by atoms with Crippen LogP contribution in [0.2, 0.25) is 0 Å². The number of hydrogen-bond donors (Lipinski definition) is 0. The minimum absolute atomic E-state index is 0.0399. The highest BCUT2D eigenvalue weighted by atomic mass is 16.1. The third-order valence-corrected chi connectivity index (χ3v) is 3.84. The van der Waals surface area contributed by atoms with Crippen molar-refractivity contribution in [3.05, 3.63) is 46.6 Å². The van der Waals surface area contributed by atoms with Crippen molar-refractivity contribution < 1.29 is 0 Å². The van der Waals surface area contributed by atoms with Gasteiger partial charge in [0, 0.05) is 51.2 Å². The van der Waals surface area contributed by atoms with Crippen LogP contribution in [0, 0.1) is 6.92 Å². The van der Waals surface area contributed by atoms with Crippen LogP contribution in [-0.4, -0.2) is 57.4 Å². The Morgan fingerprint density at radius 3 is 2.50 bits per heavy atom. The van der Waals surface area contributed by atoms with E-state index in [4.69, 9.17) is 0 Å². The van der Waals surface area contributed by atoms with Crippen LogP contribution < -0.4 is 10.5 Å². The molecule has 1 aliphatic heterocycles. The van der Waals surface area contributed by atoms with Crippen molar-refractivity contribution in [1.29, 1.82) is 0 Å². The fraction of sp³-hybridized carbons (Fsp3) is 0.467. The lowest BCUT2D eigenvalue weighted by Crippen LogP contribution is -2.48. The topological polar surface area (TPSA) is 67.2 Å². The molecule has 2 aromatic heterocycles. The van der Waals surface area contributed by atoms with Gasteiger partial charge in [0.2, 0.25) is 5.95 Å². The highest BCUT2D eigenvalue weighted by Gasteiger charge is 2.18. The number of anilines is 1. The van der Waals surface area contributed by atoms with Crippen LogP contribution in [0.5, 0.6) is 0 Å². The van der Waals surface area contributed by atoms with Crippen molar-refractivity contribution in [2.24, 2.45) is 0 Å². The van der Waals surface area contributed by atoms with Gasteiger partial charge in [0.1, 0.15) is 0 Å². The summed E-state index contributed by atoms with van der Waals surface area (Å²) in [6.07, 6.45) is 3.54. The molecule has 22 heavy (non-hydrogen) atoms. The average molecular weight is 300 g/mol. The molecule has 0 radical (unpaired) electrons. The van der Waals surface area contributed by atoms with E-state index in [9.17, 15) is 4.79 Å². The zero-order valence-electron chi connectivity index (χ0n) is 12.7. The molecule has 0 N–H and O–H groups in total. The van der Waals surface area contributed by atoms with Gasteiger partial charge in [-0.3, -0.25) is 9.69 Å². The summed E-state index contributed by atoms with van der Waals surface area (Å²) in [6.45, 7) is 7.05. The summed E-state index contributed by atoms with van der Waals surface area (Å²) in [5, 5.41) is 4.27. The lowest BCUT2D eigenvalue weighted by molar-refractivity contribution is 0.241. The highest BCUT2D eigenvalue weighted by Crippen LogP contribution is 2.09. The first-order valence-electron chi connectivity index (χ1n) is 7.51. The summed E-state index contributed by atoms with van der Waals surface area (Å²) in [7, 11) is 0. The molecule has 116 valence electrons. The molecule has 0 saturated carbocycles. The fourth-order valence-corrected chi connectivity index (χ4v) is 2.57. The van der Waals surface area contributed by atoms with Crippen molar-refractivity contribution >= 4 is 5.95 Å². The van der Waals surface area contributed by atoms with Crippen LogP contribution in [0.15, 0.2) is 35.4 Å². The Morgan fingerprint density at radius 1 is 1.05 bits per heavy atom. The second-order valence-electron chi connectivity index (χ2n) is 5.41. The first-order chi connectivity index (χ1) is 10.7. The van der Waals surface area contributed by atoms with Gasteiger partial charge in [-0.1, -0.05) is 0 Å². The zero-order chi connectivity index (χ0) is 15.4. The largest absolute Gasteiger partial charge is 0.338 e. The molecule has 0 aliphatic carbocycles. The third-order valence-electron chi connectivity index (χ3n) is 3.84. The van der Waals surface area contributed by atoms with E-state index < -0.39 is 0 Å². The molecule has 1 saturated heterocycles.